The van der Waals surface area contributed by atoms with E-state index in [2.05, 4.69) is 22.4 Å². The molecule has 4 nitrogen and oxygen atoms in total. The number of carbonyl (C=O) groups excluding carboxylic acids is 1. The lowest BCUT2D eigenvalue weighted by Crippen LogP contribution is -2.41. The molecule has 1 aromatic heterocycles. The molecule has 3 aromatic rings. The molecular weight excluding hydrogens is 400 g/mol. The van der Waals surface area contributed by atoms with Gasteiger partial charge < -0.3 is 10.1 Å². The van der Waals surface area contributed by atoms with Crippen molar-refractivity contribution in [2.45, 2.75) is 54.2 Å². The quantitative estimate of drug-likeness (QED) is 0.546. The van der Waals surface area contributed by atoms with Gasteiger partial charge in [0.2, 0.25) is 0 Å². The fourth-order valence-electron chi connectivity index (χ4n) is 3.52. The van der Waals surface area contributed by atoms with Gasteiger partial charge in [-0.15, -0.1) is 11.3 Å². The Morgan fingerprint density at radius 2 is 1.86 bits per heavy atom. The lowest BCUT2D eigenvalue weighted by Gasteiger charge is -2.21. The van der Waals surface area contributed by atoms with Gasteiger partial charge in [0.15, 0.2) is 4.34 Å². The first-order chi connectivity index (χ1) is 14.2. The van der Waals surface area contributed by atoms with E-state index >= 15 is 0 Å². The maximum atomic E-state index is 12.9. The number of aryl methyl sites for hydroxylation is 1. The molecule has 4 rings (SSSR count). The van der Waals surface area contributed by atoms with Crippen LogP contribution in [-0.2, 0) is 11.3 Å². The molecule has 1 amide bonds. The van der Waals surface area contributed by atoms with E-state index in [-0.39, 0.29) is 18.1 Å². The number of nitrogens with zero attached hydrogens (tertiary/aromatic N) is 1. The van der Waals surface area contributed by atoms with Crippen LogP contribution in [0, 0.1) is 6.92 Å². The molecule has 0 spiro atoms. The Kier molecular flexibility index (Phi) is 6.64. The fourth-order valence-corrected chi connectivity index (χ4v) is 5.60. The minimum absolute atomic E-state index is 0.0416. The monoisotopic (exact) mass is 424 g/mol. The molecule has 0 aliphatic heterocycles. The Labute approximate surface area is 179 Å². The molecule has 1 aliphatic carbocycles. The van der Waals surface area contributed by atoms with Crippen molar-refractivity contribution < 1.29 is 9.53 Å². The highest BCUT2D eigenvalue weighted by Gasteiger charge is 2.30. The van der Waals surface area contributed by atoms with Gasteiger partial charge in [0.05, 0.1) is 24.4 Å². The minimum atomic E-state index is -0.0416. The van der Waals surface area contributed by atoms with E-state index in [9.17, 15) is 4.79 Å². The zero-order chi connectivity index (χ0) is 20.1. The first kappa shape index (κ1) is 20.1. The summed E-state index contributed by atoms with van der Waals surface area (Å²) in [6.45, 7) is 2.48. The fraction of sp³-hybridized carbons (Fsp3) is 0.304. The Balaban J connectivity index is 1.37. The number of hydrogen-bond donors (Lipinski definition) is 1. The molecule has 1 N–H and O–H groups in total. The third kappa shape index (κ3) is 5.26. The number of benzene rings is 2. The predicted octanol–water partition coefficient (Wildman–Crippen LogP) is 5.47. The van der Waals surface area contributed by atoms with Crippen LogP contribution in [0.15, 0.2) is 69.9 Å². The summed E-state index contributed by atoms with van der Waals surface area (Å²) in [5, 5.41) is 3.20. The summed E-state index contributed by atoms with van der Waals surface area (Å²) in [7, 11) is 0. The number of amides is 1. The summed E-state index contributed by atoms with van der Waals surface area (Å²) in [5.74, 6) is -0.0416. The third-order valence-electron chi connectivity index (χ3n) is 5.01. The van der Waals surface area contributed by atoms with Crippen LogP contribution in [0.3, 0.4) is 0 Å². The number of thiazole rings is 1. The van der Waals surface area contributed by atoms with E-state index in [1.807, 2.05) is 55.5 Å². The van der Waals surface area contributed by atoms with Crippen molar-refractivity contribution in [3.8, 4) is 0 Å². The van der Waals surface area contributed by atoms with Gasteiger partial charge in [0.25, 0.3) is 5.91 Å². The van der Waals surface area contributed by atoms with Crippen LogP contribution in [-0.4, -0.2) is 23.0 Å². The number of nitrogens with one attached hydrogen (secondary N) is 1. The van der Waals surface area contributed by atoms with Crippen molar-refractivity contribution >= 4 is 29.0 Å². The maximum absolute atomic E-state index is 12.9. The van der Waals surface area contributed by atoms with Crippen LogP contribution in [0.25, 0.3) is 0 Å². The van der Waals surface area contributed by atoms with Crippen molar-refractivity contribution in [3.63, 3.8) is 0 Å². The Morgan fingerprint density at radius 3 is 2.62 bits per heavy atom. The summed E-state index contributed by atoms with van der Waals surface area (Å²) >= 11 is 3.05. The standard InChI is InChI=1S/C23H24N2O2S2/c1-16-21(29-23(24-16)28-18-11-6-3-7-12-18)22(26)25-19-13-8-14-20(19)27-15-17-9-4-2-5-10-17/h2-7,9-12,19-20H,8,13-15H2,1H3,(H,25,26)/t19-,20-/m0/s1. The van der Waals surface area contributed by atoms with E-state index in [0.29, 0.717) is 11.5 Å². The summed E-state index contributed by atoms with van der Waals surface area (Å²) < 4.78 is 7.01. The van der Waals surface area contributed by atoms with Crippen LogP contribution in [0.4, 0.5) is 0 Å². The van der Waals surface area contributed by atoms with E-state index in [1.54, 1.807) is 11.8 Å². The average Bonchev–Trinajstić information content (AvgIpc) is 3.34. The molecule has 1 saturated carbocycles. The van der Waals surface area contributed by atoms with Crippen molar-refractivity contribution in [3.05, 3.63) is 76.8 Å². The molecule has 0 unspecified atom stereocenters. The molecule has 29 heavy (non-hydrogen) atoms. The zero-order valence-electron chi connectivity index (χ0n) is 16.3. The highest BCUT2D eigenvalue weighted by atomic mass is 32.2. The van der Waals surface area contributed by atoms with Crippen LogP contribution < -0.4 is 5.32 Å². The molecule has 2 aromatic carbocycles. The first-order valence-corrected chi connectivity index (χ1v) is 11.5. The number of rotatable bonds is 7. The lowest BCUT2D eigenvalue weighted by molar-refractivity contribution is 0.0272. The first-order valence-electron chi connectivity index (χ1n) is 9.86. The third-order valence-corrected chi connectivity index (χ3v) is 7.23. The Morgan fingerprint density at radius 1 is 1.14 bits per heavy atom. The van der Waals surface area contributed by atoms with Gasteiger partial charge in [0, 0.05) is 4.90 Å². The van der Waals surface area contributed by atoms with Gasteiger partial charge in [-0.25, -0.2) is 4.98 Å². The highest BCUT2D eigenvalue weighted by molar-refractivity contribution is 8.01. The number of aromatic nitrogens is 1. The predicted molar refractivity (Wildman–Crippen MR) is 118 cm³/mol. The lowest BCUT2D eigenvalue weighted by atomic mass is 10.2. The van der Waals surface area contributed by atoms with E-state index in [4.69, 9.17) is 4.74 Å². The normalized spacial score (nSPS) is 18.7. The maximum Gasteiger partial charge on any atom is 0.263 e. The number of ether oxygens (including phenoxy) is 1. The molecule has 0 bridgehead atoms. The van der Waals surface area contributed by atoms with Gasteiger partial charge in [-0.2, -0.15) is 0 Å². The Hall–Kier alpha value is -2.15. The molecule has 6 heteroatoms. The molecule has 1 fully saturated rings. The van der Waals surface area contributed by atoms with Crippen LogP contribution in [0.2, 0.25) is 0 Å². The van der Waals surface area contributed by atoms with Gasteiger partial charge in [-0.1, -0.05) is 60.3 Å². The van der Waals surface area contributed by atoms with Crippen LogP contribution in [0.5, 0.6) is 0 Å². The van der Waals surface area contributed by atoms with Crippen molar-refractivity contribution in [2.24, 2.45) is 0 Å². The summed E-state index contributed by atoms with van der Waals surface area (Å²) in [5.41, 5.74) is 1.94. The largest absolute Gasteiger partial charge is 0.371 e. The number of hydrogen-bond acceptors (Lipinski definition) is 5. The second-order valence-electron chi connectivity index (χ2n) is 7.16. The highest BCUT2D eigenvalue weighted by Crippen LogP contribution is 2.33. The second-order valence-corrected chi connectivity index (χ2v) is 9.48. The molecule has 1 aliphatic rings. The van der Waals surface area contributed by atoms with Gasteiger partial charge in [-0.3, -0.25) is 4.79 Å². The molecule has 0 radical (unpaired) electrons. The number of carbonyl (C=O) groups is 1. The molecule has 1 heterocycles. The smallest absolute Gasteiger partial charge is 0.263 e. The van der Waals surface area contributed by atoms with Gasteiger partial charge in [-0.05, 0) is 43.9 Å². The summed E-state index contributed by atoms with van der Waals surface area (Å²) in [6, 6.07) is 20.3. The van der Waals surface area contributed by atoms with Crippen molar-refractivity contribution in [1.29, 1.82) is 0 Å². The minimum Gasteiger partial charge on any atom is -0.371 e. The van der Waals surface area contributed by atoms with Crippen LogP contribution in [0.1, 0.15) is 40.2 Å². The van der Waals surface area contributed by atoms with E-state index in [0.717, 1.165) is 39.8 Å². The SMILES string of the molecule is Cc1nc(Sc2ccccc2)sc1C(=O)N[C@H]1CCC[C@@H]1OCc1ccccc1. The molecular formula is C23H24N2O2S2. The van der Waals surface area contributed by atoms with Crippen LogP contribution >= 0.6 is 23.1 Å². The van der Waals surface area contributed by atoms with Crippen molar-refractivity contribution in [1.82, 2.24) is 10.3 Å². The Bertz CT molecular complexity index is 944. The summed E-state index contributed by atoms with van der Waals surface area (Å²) in [6.07, 6.45) is 3.07. The van der Waals surface area contributed by atoms with E-state index in [1.165, 1.54) is 11.3 Å². The topological polar surface area (TPSA) is 51.2 Å². The van der Waals surface area contributed by atoms with Gasteiger partial charge >= 0.3 is 0 Å². The average molecular weight is 425 g/mol. The second kappa shape index (κ2) is 9.57. The zero-order valence-corrected chi connectivity index (χ0v) is 18.0. The molecule has 2 atom stereocenters. The molecule has 150 valence electrons. The summed E-state index contributed by atoms with van der Waals surface area (Å²) in [4.78, 5) is 19.3. The van der Waals surface area contributed by atoms with Gasteiger partial charge in [0.1, 0.15) is 4.88 Å². The molecule has 0 saturated heterocycles. The van der Waals surface area contributed by atoms with E-state index < -0.39 is 0 Å². The van der Waals surface area contributed by atoms with Crippen molar-refractivity contribution in [2.75, 3.05) is 0 Å².